The number of halogens is 1. The maximum Gasteiger partial charge on any atom is 0.221 e. The molecule has 3 N–H and O–H groups in total. The van der Waals surface area contributed by atoms with E-state index in [-0.39, 0.29) is 5.95 Å². The number of nitrogen functional groups attached to an aromatic ring is 1. The molecule has 1 aromatic carbocycles. The van der Waals surface area contributed by atoms with Gasteiger partial charge in [-0.2, -0.15) is 4.98 Å². The van der Waals surface area contributed by atoms with Gasteiger partial charge >= 0.3 is 0 Å². The lowest BCUT2D eigenvalue weighted by atomic mass is 10.1. The van der Waals surface area contributed by atoms with Crippen LogP contribution < -0.4 is 5.73 Å². The van der Waals surface area contributed by atoms with Crippen LogP contribution in [0, 0.1) is 11.8 Å². The first-order valence-corrected chi connectivity index (χ1v) is 9.25. The summed E-state index contributed by atoms with van der Waals surface area (Å²) in [6.45, 7) is 1.63. The zero-order valence-corrected chi connectivity index (χ0v) is 15.8. The van der Waals surface area contributed by atoms with Crippen molar-refractivity contribution in [1.82, 2.24) is 19.5 Å². The minimum absolute atomic E-state index is 0.175. The van der Waals surface area contributed by atoms with Crippen molar-refractivity contribution in [3.05, 3.63) is 63.8 Å². The molecule has 134 valence electrons. The summed E-state index contributed by atoms with van der Waals surface area (Å²) in [6, 6.07) is 7.55. The highest BCUT2D eigenvalue weighted by molar-refractivity contribution is 7.09. The number of nitrogens with zero attached hydrogens (tertiary/aromatic N) is 4. The number of anilines is 1. The van der Waals surface area contributed by atoms with E-state index in [0.29, 0.717) is 21.1 Å². The average Bonchev–Trinajstić information content (AvgIpc) is 3.29. The predicted octanol–water partition coefficient (Wildman–Crippen LogP) is 3.37. The molecule has 0 bridgehead atoms. The number of aliphatic hydroxyl groups is 1. The molecule has 0 radical (unpaired) electrons. The van der Waals surface area contributed by atoms with E-state index in [4.69, 9.17) is 17.3 Å². The van der Waals surface area contributed by atoms with Gasteiger partial charge in [-0.3, -0.25) is 4.57 Å². The molecule has 1 unspecified atom stereocenters. The van der Waals surface area contributed by atoms with Crippen LogP contribution in [0.3, 0.4) is 0 Å². The quantitative estimate of drug-likeness (QED) is 0.508. The second-order valence-electron chi connectivity index (χ2n) is 6.02. The molecule has 0 saturated heterocycles. The molecule has 0 aliphatic carbocycles. The molecule has 0 fully saturated rings. The van der Waals surface area contributed by atoms with Crippen LogP contribution in [-0.2, 0) is 5.60 Å². The number of hydrogen-bond donors (Lipinski definition) is 2. The molecule has 6 nitrogen and oxygen atoms in total. The van der Waals surface area contributed by atoms with E-state index in [9.17, 15) is 5.11 Å². The summed E-state index contributed by atoms with van der Waals surface area (Å²) < 4.78 is 1.83. The first-order valence-electron chi connectivity index (χ1n) is 7.99. The molecule has 0 amide bonds. The topological polar surface area (TPSA) is 89.8 Å². The standard InChI is InChI=1S/C19H14ClN5OS/c1-19(26,17-22-7-8-27-17)6-5-12-3-2-4-13(9-12)25-11-15(20)14-10-23-18(21)24-16(14)25/h2-4,7-11,26H,1H3,(H2,21,23,24). The molecule has 1 atom stereocenters. The summed E-state index contributed by atoms with van der Waals surface area (Å²) >= 11 is 7.65. The van der Waals surface area contributed by atoms with Crippen LogP contribution in [0.2, 0.25) is 5.02 Å². The fraction of sp³-hybridized carbons (Fsp3) is 0.105. The highest BCUT2D eigenvalue weighted by atomic mass is 35.5. The Morgan fingerprint density at radius 3 is 2.96 bits per heavy atom. The second kappa shape index (κ2) is 6.67. The molecule has 0 aliphatic rings. The van der Waals surface area contributed by atoms with Gasteiger partial charge in [-0.25, -0.2) is 9.97 Å². The Morgan fingerprint density at radius 1 is 1.33 bits per heavy atom. The number of hydrogen-bond acceptors (Lipinski definition) is 6. The van der Waals surface area contributed by atoms with Gasteiger partial charge < -0.3 is 10.8 Å². The van der Waals surface area contributed by atoms with Gasteiger partial charge in [-0.05, 0) is 25.1 Å². The fourth-order valence-electron chi connectivity index (χ4n) is 2.62. The van der Waals surface area contributed by atoms with Crippen LogP contribution >= 0.6 is 22.9 Å². The summed E-state index contributed by atoms with van der Waals surface area (Å²) in [6.07, 6.45) is 5.01. The Kier molecular flexibility index (Phi) is 4.32. The van der Waals surface area contributed by atoms with Crippen molar-refractivity contribution in [3.63, 3.8) is 0 Å². The fourth-order valence-corrected chi connectivity index (χ4v) is 3.51. The van der Waals surface area contributed by atoms with Crippen LogP contribution in [0.1, 0.15) is 17.5 Å². The molecule has 0 spiro atoms. The van der Waals surface area contributed by atoms with Crippen LogP contribution in [0.25, 0.3) is 16.7 Å². The maximum atomic E-state index is 10.5. The van der Waals surface area contributed by atoms with Gasteiger partial charge in [0, 0.05) is 35.2 Å². The molecular formula is C19H14ClN5OS. The molecule has 27 heavy (non-hydrogen) atoms. The third-order valence-electron chi connectivity index (χ3n) is 3.94. The third-order valence-corrected chi connectivity index (χ3v) is 5.22. The van der Waals surface area contributed by atoms with E-state index in [2.05, 4.69) is 26.8 Å². The lowest BCUT2D eigenvalue weighted by molar-refractivity contribution is 0.122. The minimum Gasteiger partial charge on any atom is -0.371 e. The van der Waals surface area contributed by atoms with Gasteiger partial charge in [0.05, 0.1) is 10.4 Å². The predicted molar refractivity (Wildman–Crippen MR) is 107 cm³/mol. The molecular weight excluding hydrogens is 382 g/mol. The molecule has 3 heterocycles. The molecule has 3 aromatic heterocycles. The first-order chi connectivity index (χ1) is 12.9. The first kappa shape index (κ1) is 17.5. The van der Waals surface area contributed by atoms with Gasteiger partial charge in [-0.15, -0.1) is 11.3 Å². The van der Waals surface area contributed by atoms with Gasteiger partial charge in [0.15, 0.2) is 11.2 Å². The summed E-state index contributed by atoms with van der Waals surface area (Å²) in [7, 11) is 0. The summed E-state index contributed by atoms with van der Waals surface area (Å²) in [5.41, 5.74) is 6.59. The lowest BCUT2D eigenvalue weighted by Gasteiger charge is -2.12. The largest absolute Gasteiger partial charge is 0.371 e. The zero-order chi connectivity index (χ0) is 19.0. The van der Waals surface area contributed by atoms with Crippen molar-refractivity contribution in [2.45, 2.75) is 12.5 Å². The molecule has 0 aliphatic heterocycles. The van der Waals surface area contributed by atoms with Crippen molar-refractivity contribution >= 4 is 39.9 Å². The van der Waals surface area contributed by atoms with Crippen molar-refractivity contribution in [1.29, 1.82) is 0 Å². The summed E-state index contributed by atoms with van der Waals surface area (Å²) in [5, 5.41) is 14.1. The van der Waals surface area contributed by atoms with E-state index in [1.165, 1.54) is 11.3 Å². The van der Waals surface area contributed by atoms with E-state index < -0.39 is 5.60 Å². The van der Waals surface area contributed by atoms with Crippen LogP contribution in [0.5, 0.6) is 0 Å². The highest BCUT2D eigenvalue weighted by Crippen LogP contribution is 2.27. The summed E-state index contributed by atoms with van der Waals surface area (Å²) in [5.74, 6) is 6.07. The Labute approximate surface area is 164 Å². The SMILES string of the molecule is CC(O)(C#Cc1cccc(-n2cc(Cl)c3cnc(N)nc32)c1)c1nccs1. The van der Waals surface area contributed by atoms with Crippen LogP contribution in [-0.4, -0.2) is 24.6 Å². The van der Waals surface area contributed by atoms with Gasteiger partial charge in [-0.1, -0.05) is 29.5 Å². The number of benzene rings is 1. The smallest absolute Gasteiger partial charge is 0.221 e. The minimum atomic E-state index is -1.31. The zero-order valence-electron chi connectivity index (χ0n) is 14.2. The van der Waals surface area contributed by atoms with E-state index in [1.54, 1.807) is 30.9 Å². The van der Waals surface area contributed by atoms with Crippen molar-refractivity contribution in [2.24, 2.45) is 0 Å². The van der Waals surface area contributed by atoms with E-state index in [0.717, 1.165) is 11.3 Å². The van der Waals surface area contributed by atoms with Crippen LogP contribution in [0.4, 0.5) is 5.95 Å². The van der Waals surface area contributed by atoms with E-state index in [1.807, 2.05) is 28.8 Å². The van der Waals surface area contributed by atoms with Gasteiger partial charge in [0.25, 0.3) is 0 Å². The highest BCUT2D eigenvalue weighted by Gasteiger charge is 2.22. The Hall–Kier alpha value is -2.92. The maximum absolute atomic E-state index is 10.5. The molecule has 4 rings (SSSR count). The van der Waals surface area contributed by atoms with Gasteiger partial charge in [0.2, 0.25) is 5.95 Å². The average molecular weight is 396 g/mol. The number of thiazole rings is 1. The number of rotatable bonds is 2. The Morgan fingerprint density at radius 2 is 2.19 bits per heavy atom. The van der Waals surface area contributed by atoms with Gasteiger partial charge in [0.1, 0.15) is 5.01 Å². The molecule has 8 heteroatoms. The number of fused-ring (bicyclic) bond motifs is 1. The van der Waals surface area contributed by atoms with Crippen molar-refractivity contribution in [3.8, 4) is 17.5 Å². The monoisotopic (exact) mass is 395 g/mol. The normalized spacial score (nSPS) is 13.1. The molecule has 4 aromatic rings. The Bertz CT molecular complexity index is 1190. The van der Waals surface area contributed by atoms with Crippen molar-refractivity contribution < 1.29 is 5.11 Å². The van der Waals surface area contributed by atoms with E-state index >= 15 is 0 Å². The third kappa shape index (κ3) is 3.38. The van der Waals surface area contributed by atoms with Crippen molar-refractivity contribution in [2.75, 3.05) is 5.73 Å². The number of aromatic nitrogens is 4. The Balaban J connectivity index is 1.75. The van der Waals surface area contributed by atoms with Crippen LogP contribution in [0.15, 0.2) is 48.2 Å². The number of nitrogens with two attached hydrogens (primary N) is 1. The molecule has 0 saturated carbocycles. The second-order valence-corrected chi connectivity index (χ2v) is 7.32. The lowest BCUT2D eigenvalue weighted by Crippen LogP contribution is -2.17. The summed E-state index contributed by atoms with van der Waals surface area (Å²) in [4.78, 5) is 12.4.